The number of hydrogen-bond donors (Lipinski definition) is 1. The molecule has 12 heteroatoms. The summed E-state index contributed by atoms with van der Waals surface area (Å²) in [5.41, 5.74) is 0.888. The molecular formula is C23H27Cl2N3O6S. The van der Waals surface area contributed by atoms with E-state index in [1.165, 1.54) is 24.9 Å². The quantitative estimate of drug-likeness (QED) is 0.521. The van der Waals surface area contributed by atoms with Gasteiger partial charge in [-0.2, -0.15) is 0 Å². The Balaban J connectivity index is 1.95. The molecule has 1 heterocycles. The van der Waals surface area contributed by atoms with E-state index in [1.807, 2.05) is 0 Å². The van der Waals surface area contributed by atoms with Gasteiger partial charge in [0.1, 0.15) is 25.8 Å². The molecular weight excluding hydrogens is 517 g/mol. The molecule has 0 fully saturated rings. The molecule has 3 rings (SSSR count). The van der Waals surface area contributed by atoms with Crippen molar-refractivity contribution in [2.45, 2.75) is 26.4 Å². The number of ether oxygens (including phenoxy) is 2. The van der Waals surface area contributed by atoms with Crippen molar-refractivity contribution in [3.8, 4) is 11.5 Å². The maximum absolute atomic E-state index is 13.5. The molecule has 35 heavy (non-hydrogen) atoms. The number of fused-ring (bicyclic) bond motifs is 1. The van der Waals surface area contributed by atoms with Crippen molar-refractivity contribution in [1.29, 1.82) is 0 Å². The van der Waals surface area contributed by atoms with Crippen molar-refractivity contribution >= 4 is 50.7 Å². The summed E-state index contributed by atoms with van der Waals surface area (Å²) < 4.78 is 38.1. The second kappa shape index (κ2) is 11.4. The zero-order valence-corrected chi connectivity index (χ0v) is 21.9. The molecule has 0 spiro atoms. The van der Waals surface area contributed by atoms with Gasteiger partial charge in [0.2, 0.25) is 21.8 Å². The molecule has 1 N–H and O–H groups in total. The van der Waals surface area contributed by atoms with E-state index in [1.54, 1.807) is 37.3 Å². The predicted molar refractivity (Wildman–Crippen MR) is 135 cm³/mol. The van der Waals surface area contributed by atoms with Crippen molar-refractivity contribution in [3.63, 3.8) is 0 Å². The number of amides is 2. The Morgan fingerprint density at radius 3 is 2.37 bits per heavy atom. The molecule has 2 aromatic rings. The van der Waals surface area contributed by atoms with Crippen molar-refractivity contribution in [2.24, 2.45) is 0 Å². The lowest BCUT2D eigenvalue weighted by atomic mass is 10.1. The van der Waals surface area contributed by atoms with Crippen LogP contribution in [-0.4, -0.2) is 63.7 Å². The number of carbonyl (C=O) groups is 2. The number of halogens is 2. The Morgan fingerprint density at radius 1 is 1.06 bits per heavy atom. The van der Waals surface area contributed by atoms with Gasteiger partial charge < -0.3 is 19.7 Å². The highest BCUT2D eigenvalue weighted by atomic mass is 35.5. The lowest BCUT2D eigenvalue weighted by Crippen LogP contribution is -2.51. The first-order valence-corrected chi connectivity index (χ1v) is 13.3. The summed E-state index contributed by atoms with van der Waals surface area (Å²) >= 11 is 12.1. The fourth-order valence-electron chi connectivity index (χ4n) is 3.53. The molecule has 1 atom stereocenters. The van der Waals surface area contributed by atoms with Crippen LogP contribution in [0.15, 0.2) is 36.4 Å². The maximum atomic E-state index is 13.5. The zero-order valence-electron chi connectivity index (χ0n) is 19.6. The number of rotatable bonds is 9. The minimum Gasteiger partial charge on any atom is -0.486 e. The van der Waals surface area contributed by atoms with E-state index in [-0.39, 0.29) is 18.0 Å². The van der Waals surface area contributed by atoms with Crippen LogP contribution >= 0.6 is 23.2 Å². The van der Waals surface area contributed by atoms with Gasteiger partial charge in [0, 0.05) is 19.7 Å². The SMILES string of the molecule is CCS(=O)(=O)N(CC(=O)N(Cc1ccc(Cl)c(Cl)c1)[C@H](C)C(=O)NC)c1ccc2c(c1)OCCO2. The van der Waals surface area contributed by atoms with Gasteiger partial charge in [-0.05, 0) is 43.7 Å². The number of hydrogen-bond acceptors (Lipinski definition) is 6. The molecule has 190 valence electrons. The van der Waals surface area contributed by atoms with Crippen molar-refractivity contribution in [3.05, 3.63) is 52.0 Å². The molecule has 1 aliphatic rings. The molecule has 0 aromatic heterocycles. The number of sulfonamides is 1. The van der Waals surface area contributed by atoms with Crippen molar-refractivity contribution in [1.82, 2.24) is 10.2 Å². The minimum absolute atomic E-state index is 0.0193. The summed E-state index contributed by atoms with van der Waals surface area (Å²) in [6.45, 7) is 3.28. The van der Waals surface area contributed by atoms with E-state index in [4.69, 9.17) is 32.7 Å². The van der Waals surface area contributed by atoms with E-state index in [9.17, 15) is 18.0 Å². The Morgan fingerprint density at radius 2 is 1.74 bits per heavy atom. The normalized spacial score (nSPS) is 13.6. The third-order valence-electron chi connectivity index (χ3n) is 5.54. The van der Waals surface area contributed by atoms with Crippen LogP contribution in [0.4, 0.5) is 5.69 Å². The van der Waals surface area contributed by atoms with Crippen LogP contribution in [0.5, 0.6) is 11.5 Å². The molecule has 0 saturated carbocycles. The molecule has 9 nitrogen and oxygen atoms in total. The number of carbonyl (C=O) groups excluding carboxylic acids is 2. The fourth-order valence-corrected chi connectivity index (χ4v) is 4.91. The van der Waals surface area contributed by atoms with Gasteiger partial charge in [0.15, 0.2) is 11.5 Å². The van der Waals surface area contributed by atoms with Gasteiger partial charge in [-0.1, -0.05) is 29.3 Å². The zero-order chi connectivity index (χ0) is 25.8. The standard InChI is InChI=1S/C23H27Cl2N3O6S/c1-4-35(31,32)28(17-6-8-20-21(12-17)34-10-9-33-20)14-22(29)27(15(2)23(30)26-3)13-16-5-7-18(24)19(25)11-16/h5-8,11-12,15H,4,9-10,13-14H2,1-3H3,(H,26,30)/t15-/m1/s1. The van der Waals surface area contributed by atoms with Gasteiger partial charge in [0.25, 0.3) is 0 Å². The first-order valence-electron chi connectivity index (χ1n) is 10.9. The average Bonchev–Trinajstić information content (AvgIpc) is 2.86. The monoisotopic (exact) mass is 543 g/mol. The van der Waals surface area contributed by atoms with E-state index in [2.05, 4.69) is 5.32 Å². The first-order chi connectivity index (χ1) is 16.6. The second-order valence-corrected chi connectivity index (χ2v) is 10.8. The van der Waals surface area contributed by atoms with Crippen LogP contribution in [0, 0.1) is 0 Å². The molecule has 2 amide bonds. The maximum Gasteiger partial charge on any atom is 0.244 e. The van der Waals surface area contributed by atoms with E-state index < -0.39 is 34.4 Å². The lowest BCUT2D eigenvalue weighted by molar-refractivity contribution is -0.139. The number of likely N-dealkylation sites (N-methyl/N-ethyl adjacent to an activating group) is 1. The van der Waals surface area contributed by atoms with Crippen molar-refractivity contribution < 1.29 is 27.5 Å². The summed E-state index contributed by atoms with van der Waals surface area (Å²) in [5, 5.41) is 3.18. The first kappa shape index (κ1) is 26.9. The Hall–Kier alpha value is -2.69. The Bertz CT molecular complexity index is 1210. The predicted octanol–water partition coefficient (Wildman–Crippen LogP) is 3.08. The summed E-state index contributed by atoms with van der Waals surface area (Å²) in [7, 11) is -2.39. The second-order valence-electron chi connectivity index (χ2n) is 7.80. The van der Waals surface area contributed by atoms with Gasteiger partial charge in [0.05, 0.1) is 21.5 Å². The molecule has 0 unspecified atom stereocenters. The third kappa shape index (κ3) is 6.31. The average molecular weight is 544 g/mol. The molecule has 0 saturated heterocycles. The Labute approximate surface area is 214 Å². The molecule has 0 radical (unpaired) electrons. The van der Waals surface area contributed by atoms with Gasteiger partial charge in [-0.3, -0.25) is 13.9 Å². The Kier molecular flexibility index (Phi) is 8.74. The van der Waals surface area contributed by atoms with Crippen LogP contribution in [-0.2, 0) is 26.2 Å². The van der Waals surface area contributed by atoms with E-state index in [0.717, 1.165) is 4.31 Å². The summed E-state index contributed by atoms with van der Waals surface area (Å²) in [5.74, 6) is -0.313. The molecule has 1 aliphatic heterocycles. The highest BCUT2D eigenvalue weighted by molar-refractivity contribution is 7.92. The van der Waals surface area contributed by atoms with Gasteiger partial charge >= 0.3 is 0 Å². The number of nitrogens with one attached hydrogen (secondary N) is 1. The van der Waals surface area contributed by atoms with Crippen molar-refractivity contribution in [2.75, 3.05) is 36.9 Å². The highest BCUT2D eigenvalue weighted by Crippen LogP contribution is 2.35. The van der Waals surface area contributed by atoms with Crippen LogP contribution in [0.2, 0.25) is 10.0 Å². The highest BCUT2D eigenvalue weighted by Gasteiger charge is 2.31. The lowest BCUT2D eigenvalue weighted by Gasteiger charge is -2.32. The summed E-state index contributed by atoms with van der Waals surface area (Å²) in [6.07, 6.45) is 0. The summed E-state index contributed by atoms with van der Waals surface area (Å²) in [6, 6.07) is 8.69. The topological polar surface area (TPSA) is 105 Å². The molecule has 2 aromatic carbocycles. The largest absolute Gasteiger partial charge is 0.486 e. The number of nitrogens with zero attached hydrogens (tertiary/aromatic N) is 2. The van der Waals surface area contributed by atoms with E-state index in [0.29, 0.717) is 40.3 Å². The minimum atomic E-state index is -3.85. The smallest absolute Gasteiger partial charge is 0.244 e. The van der Waals surface area contributed by atoms with Gasteiger partial charge in [-0.25, -0.2) is 8.42 Å². The fraction of sp³-hybridized carbons (Fsp3) is 0.391. The number of benzene rings is 2. The van der Waals surface area contributed by atoms with Crippen LogP contribution in [0.3, 0.4) is 0 Å². The van der Waals surface area contributed by atoms with Gasteiger partial charge in [-0.15, -0.1) is 0 Å². The molecule has 0 aliphatic carbocycles. The van der Waals surface area contributed by atoms with E-state index >= 15 is 0 Å². The number of anilines is 1. The molecule has 0 bridgehead atoms. The summed E-state index contributed by atoms with van der Waals surface area (Å²) in [4.78, 5) is 27.2. The third-order valence-corrected chi connectivity index (χ3v) is 8.02. The van der Waals surface area contributed by atoms with Crippen LogP contribution in [0.25, 0.3) is 0 Å². The van der Waals surface area contributed by atoms with Crippen LogP contribution in [0.1, 0.15) is 19.4 Å². The van der Waals surface area contributed by atoms with Crippen LogP contribution < -0.4 is 19.1 Å².